The van der Waals surface area contributed by atoms with Crippen LogP contribution in [0.25, 0.3) is 0 Å². The van der Waals surface area contributed by atoms with Crippen LogP contribution in [0, 0.1) is 12.7 Å². The highest BCUT2D eigenvalue weighted by Gasteiger charge is 2.11. The third-order valence-corrected chi connectivity index (χ3v) is 2.84. The summed E-state index contributed by atoms with van der Waals surface area (Å²) in [5.74, 6) is 1.24. The van der Waals surface area contributed by atoms with E-state index in [-0.39, 0.29) is 5.82 Å². The van der Waals surface area contributed by atoms with Crippen molar-refractivity contribution in [2.75, 3.05) is 17.7 Å². The largest absolute Gasteiger partial charge is 0.476 e. The number of hydrogen-bond acceptors (Lipinski definition) is 5. The fraction of sp³-hybridized carbons (Fsp3) is 0.333. The lowest BCUT2D eigenvalue weighted by Crippen LogP contribution is -2.10. The van der Waals surface area contributed by atoms with Crippen LogP contribution in [-0.2, 0) is 6.54 Å². The van der Waals surface area contributed by atoms with Crippen LogP contribution in [0.15, 0.2) is 24.3 Å². The number of nitrogens with zero attached hydrogens (tertiary/aromatic N) is 2. The summed E-state index contributed by atoms with van der Waals surface area (Å²) in [4.78, 5) is 8.46. The van der Waals surface area contributed by atoms with Gasteiger partial charge in [0.15, 0.2) is 5.82 Å². The summed E-state index contributed by atoms with van der Waals surface area (Å²) in [5, 5.41) is 3.13. The van der Waals surface area contributed by atoms with Crippen molar-refractivity contribution in [1.29, 1.82) is 0 Å². The monoisotopic (exact) mass is 290 g/mol. The number of nitrogen functional groups attached to an aromatic ring is 1. The zero-order valence-corrected chi connectivity index (χ0v) is 12.2. The summed E-state index contributed by atoms with van der Waals surface area (Å²) in [7, 11) is 0. The Morgan fingerprint density at radius 2 is 1.95 bits per heavy atom. The van der Waals surface area contributed by atoms with E-state index >= 15 is 0 Å². The Balaban J connectivity index is 2.11. The molecule has 0 spiro atoms. The number of ether oxygens (including phenoxy) is 1. The average molecular weight is 290 g/mol. The zero-order valence-electron chi connectivity index (χ0n) is 12.2. The van der Waals surface area contributed by atoms with E-state index in [4.69, 9.17) is 10.5 Å². The van der Waals surface area contributed by atoms with Crippen LogP contribution in [0.2, 0.25) is 0 Å². The summed E-state index contributed by atoms with van der Waals surface area (Å²) in [6.07, 6.45) is 0.876. The summed E-state index contributed by atoms with van der Waals surface area (Å²) in [6, 6.07) is 6.25. The lowest BCUT2D eigenvalue weighted by molar-refractivity contribution is 0.306. The molecule has 6 heteroatoms. The molecule has 0 fully saturated rings. The first-order chi connectivity index (χ1) is 10.1. The molecule has 0 aliphatic heterocycles. The van der Waals surface area contributed by atoms with Gasteiger partial charge in [-0.15, -0.1) is 0 Å². The van der Waals surface area contributed by atoms with Gasteiger partial charge in [-0.2, -0.15) is 4.98 Å². The number of aryl methyl sites for hydroxylation is 1. The van der Waals surface area contributed by atoms with E-state index in [1.807, 2.05) is 6.92 Å². The number of benzene rings is 1. The molecular formula is C15H19FN4O. The predicted molar refractivity (Wildman–Crippen MR) is 80.7 cm³/mol. The van der Waals surface area contributed by atoms with Crippen LogP contribution >= 0.6 is 0 Å². The molecule has 0 amide bonds. The Bertz CT molecular complexity index is 601. The Labute approximate surface area is 123 Å². The summed E-state index contributed by atoms with van der Waals surface area (Å²) in [6.45, 7) is 4.84. The minimum Gasteiger partial charge on any atom is -0.476 e. The van der Waals surface area contributed by atoms with E-state index in [0.717, 1.165) is 12.0 Å². The second kappa shape index (κ2) is 6.88. The van der Waals surface area contributed by atoms with Crippen LogP contribution in [-0.4, -0.2) is 16.6 Å². The molecule has 1 heterocycles. The fourth-order valence-corrected chi connectivity index (χ4v) is 1.79. The quantitative estimate of drug-likeness (QED) is 0.855. The minimum absolute atomic E-state index is 0.258. The first-order valence-corrected chi connectivity index (χ1v) is 6.85. The van der Waals surface area contributed by atoms with Crippen molar-refractivity contribution in [3.63, 3.8) is 0 Å². The van der Waals surface area contributed by atoms with Gasteiger partial charge < -0.3 is 15.8 Å². The van der Waals surface area contributed by atoms with Crippen LogP contribution in [0.4, 0.5) is 15.9 Å². The Kier molecular flexibility index (Phi) is 4.92. The van der Waals surface area contributed by atoms with Gasteiger partial charge >= 0.3 is 0 Å². The molecule has 0 radical (unpaired) electrons. The SMILES string of the molecule is CCCOc1nc(C)nc(NCc2ccc(F)cc2)c1N. The minimum atomic E-state index is -0.258. The normalized spacial score (nSPS) is 10.4. The fourth-order valence-electron chi connectivity index (χ4n) is 1.79. The highest BCUT2D eigenvalue weighted by atomic mass is 19.1. The molecule has 3 N–H and O–H groups in total. The number of rotatable bonds is 6. The molecule has 0 atom stereocenters. The van der Waals surface area contributed by atoms with Gasteiger partial charge in [-0.05, 0) is 31.0 Å². The van der Waals surface area contributed by atoms with Crippen molar-refractivity contribution in [2.24, 2.45) is 0 Å². The van der Waals surface area contributed by atoms with Gasteiger partial charge in [-0.3, -0.25) is 0 Å². The van der Waals surface area contributed by atoms with E-state index in [0.29, 0.717) is 36.4 Å². The van der Waals surface area contributed by atoms with Crippen molar-refractivity contribution < 1.29 is 9.13 Å². The van der Waals surface area contributed by atoms with E-state index in [2.05, 4.69) is 15.3 Å². The number of aromatic nitrogens is 2. The van der Waals surface area contributed by atoms with E-state index in [1.54, 1.807) is 19.1 Å². The molecule has 2 rings (SSSR count). The average Bonchev–Trinajstić information content (AvgIpc) is 2.48. The first-order valence-electron chi connectivity index (χ1n) is 6.85. The topological polar surface area (TPSA) is 73.1 Å². The maximum atomic E-state index is 12.9. The van der Waals surface area contributed by atoms with Crippen molar-refractivity contribution in [3.05, 3.63) is 41.5 Å². The van der Waals surface area contributed by atoms with Crippen molar-refractivity contribution in [3.8, 4) is 5.88 Å². The summed E-state index contributed by atoms with van der Waals surface area (Å²) in [5.41, 5.74) is 7.33. The highest BCUT2D eigenvalue weighted by Crippen LogP contribution is 2.26. The molecule has 0 saturated carbocycles. The standard InChI is InChI=1S/C15H19FN4O/c1-3-8-21-15-13(17)14(19-10(2)20-15)18-9-11-4-6-12(16)7-5-11/h4-7H,3,8-9,17H2,1-2H3,(H,18,19,20). The lowest BCUT2D eigenvalue weighted by Gasteiger charge is -2.13. The molecule has 2 aromatic rings. The number of nitrogens with one attached hydrogen (secondary N) is 1. The molecule has 0 aliphatic rings. The van der Waals surface area contributed by atoms with Crippen LogP contribution in [0.3, 0.4) is 0 Å². The van der Waals surface area contributed by atoms with E-state index in [9.17, 15) is 4.39 Å². The Hall–Kier alpha value is -2.37. The second-order valence-electron chi connectivity index (χ2n) is 4.67. The molecule has 5 nitrogen and oxygen atoms in total. The lowest BCUT2D eigenvalue weighted by atomic mass is 10.2. The van der Waals surface area contributed by atoms with Crippen molar-refractivity contribution >= 4 is 11.5 Å². The van der Waals surface area contributed by atoms with Crippen molar-refractivity contribution in [2.45, 2.75) is 26.8 Å². The predicted octanol–water partition coefficient (Wildman–Crippen LogP) is 2.91. The second-order valence-corrected chi connectivity index (χ2v) is 4.67. The summed E-state index contributed by atoms with van der Waals surface area (Å²) >= 11 is 0. The van der Waals surface area contributed by atoms with Gasteiger partial charge in [0.25, 0.3) is 0 Å². The van der Waals surface area contributed by atoms with Gasteiger partial charge in [0.2, 0.25) is 5.88 Å². The number of nitrogens with two attached hydrogens (primary N) is 1. The number of hydrogen-bond donors (Lipinski definition) is 2. The van der Waals surface area contributed by atoms with Crippen LogP contribution < -0.4 is 15.8 Å². The molecule has 0 saturated heterocycles. The molecular weight excluding hydrogens is 271 g/mol. The maximum absolute atomic E-state index is 12.9. The van der Waals surface area contributed by atoms with Gasteiger partial charge in [-0.1, -0.05) is 19.1 Å². The third kappa shape index (κ3) is 4.05. The first kappa shape index (κ1) is 15.0. The molecule has 0 unspecified atom stereocenters. The molecule has 112 valence electrons. The van der Waals surface area contributed by atoms with E-state index < -0.39 is 0 Å². The smallest absolute Gasteiger partial charge is 0.242 e. The number of anilines is 2. The van der Waals surface area contributed by atoms with Gasteiger partial charge in [0.05, 0.1) is 6.61 Å². The van der Waals surface area contributed by atoms with Gasteiger partial charge in [0.1, 0.15) is 17.3 Å². The molecule has 21 heavy (non-hydrogen) atoms. The highest BCUT2D eigenvalue weighted by molar-refractivity contribution is 5.66. The maximum Gasteiger partial charge on any atom is 0.242 e. The van der Waals surface area contributed by atoms with Gasteiger partial charge in [-0.25, -0.2) is 9.37 Å². The van der Waals surface area contributed by atoms with Gasteiger partial charge in [0, 0.05) is 6.54 Å². The molecule has 0 aliphatic carbocycles. The molecule has 1 aromatic heterocycles. The zero-order chi connectivity index (χ0) is 15.2. The van der Waals surface area contributed by atoms with Crippen LogP contribution in [0.5, 0.6) is 5.88 Å². The van der Waals surface area contributed by atoms with Crippen LogP contribution in [0.1, 0.15) is 24.7 Å². The third-order valence-electron chi connectivity index (χ3n) is 2.84. The molecule has 1 aromatic carbocycles. The van der Waals surface area contributed by atoms with E-state index in [1.165, 1.54) is 12.1 Å². The number of halogens is 1. The Morgan fingerprint density at radius 1 is 1.24 bits per heavy atom. The summed E-state index contributed by atoms with van der Waals surface area (Å²) < 4.78 is 18.4. The molecule has 0 bridgehead atoms. The van der Waals surface area contributed by atoms with Crippen molar-refractivity contribution in [1.82, 2.24) is 9.97 Å². The Morgan fingerprint density at radius 3 is 2.62 bits per heavy atom.